The molecular formula is C30H30FN3O. The Morgan fingerprint density at radius 2 is 1.91 bits per heavy atom. The van der Waals surface area contributed by atoms with E-state index in [0.29, 0.717) is 41.3 Å². The Morgan fingerprint density at radius 1 is 1.11 bits per heavy atom. The number of Topliss-reactive ketones (excluding diaryl/α,β-unsaturated/α-hetero) is 1. The summed E-state index contributed by atoms with van der Waals surface area (Å²) >= 11 is 0. The quantitative estimate of drug-likeness (QED) is 0.360. The molecule has 0 fully saturated rings. The van der Waals surface area contributed by atoms with Crippen molar-refractivity contribution in [3.05, 3.63) is 113 Å². The fraction of sp³-hybridized carbons (Fsp3) is 0.233. The number of hydrogen-bond donors (Lipinski definition) is 1. The highest BCUT2D eigenvalue weighted by atomic mass is 19.1. The first-order valence-electron chi connectivity index (χ1n) is 11.8. The highest BCUT2D eigenvalue weighted by Crippen LogP contribution is 2.27. The summed E-state index contributed by atoms with van der Waals surface area (Å²) < 4.78 is 13.9. The van der Waals surface area contributed by atoms with E-state index in [9.17, 15) is 9.18 Å². The molecular weight excluding hydrogens is 437 g/mol. The van der Waals surface area contributed by atoms with Gasteiger partial charge < -0.3 is 5.32 Å². The van der Waals surface area contributed by atoms with E-state index in [1.807, 2.05) is 75.4 Å². The van der Waals surface area contributed by atoms with Crippen LogP contribution in [0.5, 0.6) is 0 Å². The number of halogens is 1. The zero-order chi connectivity index (χ0) is 24.8. The van der Waals surface area contributed by atoms with Crippen molar-refractivity contribution in [1.82, 2.24) is 9.97 Å². The predicted molar refractivity (Wildman–Crippen MR) is 139 cm³/mol. The summed E-state index contributed by atoms with van der Waals surface area (Å²) in [6.45, 7) is 6.15. The van der Waals surface area contributed by atoms with Gasteiger partial charge in [-0.1, -0.05) is 81.5 Å². The summed E-state index contributed by atoms with van der Waals surface area (Å²) in [5.41, 5.74) is 4.39. The largest absolute Gasteiger partial charge is 0.336 e. The summed E-state index contributed by atoms with van der Waals surface area (Å²) in [6, 6.07) is 16.3. The summed E-state index contributed by atoms with van der Waals surface area (Å²) in [5, 5.41) is 3.30. The van der Waals surface area contributed by atoms with Crippen LogP contribution < -0.4 is 5.32 Å². The molecule has 1 aromatic heterocycles. The van der Waals surface area contributed by atoms with Crippen molar-refractivity contribution in [3.8, 4) is 11.3 Å². The van der Waals surface area contributed by atoms with E-state index in [4.69, 9.17) is 4.98 Å². The molecule has 1 aliphatic carbocycles. The molecule has 2 aromatic carbocycles. The molecule has 1 heterocycles. The first-order valence-corrected chi connectivity index (χ1v) is 11.8. The van der Waals surface area contributed by atoms with Crippen LogP contribution in [0, 0.1) is 11.2 Å². The van der Waals surface area contributed by atoms with Crippen LogP contribution in [0.1, 0.15) is 44.9 Å². The number of carbonyl (C=O) groups excluding carboxylic acids is 1. The molecule has 1 aliphatic rings. The van der Waals surface area contributed by atoms with Gasteiger partial charge in [-0.25, -0.2) is 14.4 Å². The van der Waals surface area contributed by atoms with Gasteiger partial charge in [0.2, 0.25) is 0 Å². The molecule has 0 aliphatic heterocycles. The maximum atomic E-state index is 13.9. The van der Waals surface area contributed by atoms with E-state index in [-0.39, 0.29) is 17.0 Å². The van der Waals surface area contributed by atoms with Crippen molar-refractivity contribution in [1.29, 1.82) is 0 Å². The fourth-order valence-corrected chi connectivity index (χ4v) is 3.88. The minimum atomic E-state index is -0.326. The van der Waals surface area contributed by atoms with E-state index >= 15 is 0 Å². The van der Waals surface area contributed by atoms with Gasteiger partial charge in [-0.2, -0.15) is 0 Å². The molecule has 0 spiro atoms. The van der Waals surface area contributed by atoms with Crippen LogP contribution in [0.2, 0.25) is 0 Å². The molecule has 35 heavy (non-hydrogen) atoms. The van der Waals surface area contributed by atoms with Crippen molar-refractivity contribution < 1.29 is 9.18 Å². The highest BCUT2D eigenvalue weighted by Gasteiger charge is 2.21. The number of allylic oxidation sites excluding steroid dienone is 6. The molecule has 0 radical (unpaired) electrons. The van der Waals surface area contributed by atoms with Crippen molar-refractivity contribution in [3.63, 3.8) is 0 Å². The number of anilines is 1. The number of nitrogens with zero attached hydrogens (tertiary/aromatic N) is 2. The van der Waals surface area contributed by atoms with Crippen LogP contribution in [0.15, 0.2) is 96.4 Å². The van der Waals surface area contributed by atoms with Crippen LogP contribution in [0.3, 0.4) is 0 Å². The number of carbonyl (C=O) groups is 1. The summed E-state index contributed by atoms with van der Waals surface area (Å²) in [6.07, 6.45) is 11.3. The van der Waals surface area contributed by atoms with E-state index in [1.54, 1.807) is 12.3 Å². The van der Waals surface area contributed by atoms with E-state index in [2.05, 4.69) is 16.4 Å². The van der Waals surface area contributed by atoms with Crippen molar-refractivity contribution >= 4 is 11.6 Å². The van der Waals surface area contributed by atoms with Gasteiger partial charge in [-0.05, 0) is 41.2 Å². The normalized spacial score (nSPS) is 13.6. The monoisotopic (exact) mass is 467 g/mol. The molecule has 178 valence electrons. The molecule has 4 rings (SSSR count). The van der Waals surface area contributed by atoms with E-state index in [0.717, 1.165) is 17.6 Å². The molecule has 0 atom stereocenters. The smallest absolute Gasteiger partial charge is 0.179 e. The van der Waals surface area contributed by atoms with Gasteiger partial charge >= 0.3 is 0 Å². The van der Waals surface area contributed by atoms with Gasteiger partial charge in [0.15, 0.2) is 11.6 Å². The Hall–Kier alpha value is -3.86. The second-order valence-corrected chi connectivity index (χ2v) is 9.94. The molecule has 0 saturated carbocycles. The van der Waals surface area contributed by atoms with Gasteiger partial charge in [-0.15, -0.1) is 0 Å². The molecule has 0 unspecified atom stereocenters. The lowest BCUT2D eigenvalue weighted by Crippen LogP contribution is -2.20. The second kappa shape index (κ2) is 10.6. The van der Waals surface area contributed by atoms with Gasteiger partial charge in [0.05, 0.1) is 23.3 Å². The third kappa shape index (κ3) is 6.82. The maximum absolute atomic E-state index is 13.9. The number of ketones is 1. The second-order valence-electron chi connectivity index (χ2n) is 9.94. The lowest BCUT2D eigenvalue weighted by atomic mass is 9.88. The van der Waals surface area contributed by atoms with Crippen LogP contribution in [-0.4, -0.2) is 15.8 Å². The first-order chi connectivity index (χ1) is 16.8. The number of nitrogens with one attached hydrogen (secondary N) is 1. The Morgan fingerprint density at radius 3 is 2.60 bits per heavy atom. The summed E-state index contributed by atoms with van der Waals surface area (Å²) in [7, 11) is 0. The summed E-state index contributed by atoms with van der Waals surface area (Å²) in [5.74, 6) is 0.216. The van der Waals surface area contributed by atoms with Gasteiger partial charge in [0.25, 0.3) is 0 Å². The number of benzene rings is 2. The Kier molecular flexibility index (Phi) is 7.35. The van der Waals surface area contributed by atoms with Crippen molar-refractivity contribution in [2.75, 3.05) is 5.32 Å². The van der Waals surface area contributed by atoms with E-state index < -0.39 is 0 Å². The van der Waals surface area contributed by atoms with Crippen LogP contribution in [-0.2, 0) is 11.2 Å². The molecule has 0 saturated heterocycles. The predicted octanol–water partition coefficient (Wildman–Crippen LogP) is 7.06. The van der Waals surface area contributed by atoms with Crippen molar-refractivity contribution in [2.45, 2.75) is 40.0 Å². The van der Waals surface area contributed by atoms with Crippen LogP contribution in [0.25, 0.3) is 11.3 Å². The zero-order valence-electron chi connectivity index (χ0n) is 20.4. The Bertz CT molecular complexity index is 1300. The number of aromatic nitrogens is 2. The Balaban J connectivity index is 1.73. The van der Waals surface area contributed by atoms with Gasteiger partial charge in [0, 0.05) is 18.4 Å². The van der Waals surface area contributed by atoms with Crippen molar-refractivity contribution in [2.24, 2.45) is 5.41 Å². The number of hydrogen-bond acceptors (Lipinski definition) is 4. The fourth-order valence-electron chi connectivity index (χ4n) is 3.88. The topological polar surface area (TPSA) is 54.9 Å². The lowest BCUT2D eigenvalue weighted by Gasteiger charge is -2.20. The third-order valence-electron chi connectivity index (χ3n) is 5.55. The standard InChI is InChI=1S/C30H30FN3O/c1-30(2,3)19-28(35)25(16-21-12-7-8-13-21)34-29-26(17-22-10-5-4-6-11-22)33-27(20-32-29)23-14-9-15-24(31)18-23/h4-12,14-16,18,20H,13,17,19H2,1-3H3,(H,32,34)/b25-16-. The van der Waals surface area contributed by atoms with Crippen LogP contribution in [0.4, 0.5) is 10.2 Å². The minimum Gasteiger partial charge on any atom is -0.336 e. The minimum absolute atomic E-state index is 0.0203. The highest BCUT2D eigenvalue weighted by molar-refractivity contribution is 5.98. The molecule has 0 bridgehead atoms. The third-order valence-corrected chi connectivity index (χ3v) is 5.55. The maximum Gasteiger partial charge on any atom is 0.179 e. The summed E-state index contributed by atoms with van der Waals surface area (Å²) in [4.78, 5) is 22.8. The zero-order valence-corrected chi connectivity index (χ0v) is 20.4. The van der Waals surface area contributed by atoms with Gasteiger partial charge in [-0.3, -0.25) is 4.79 Å². The molecule has 4 nitrogen and oxygen atoms in total. The molecule has 5 heteroatoms. The Labute approximate surface area is 206 Å². The molecule has 3 aromatic rings. The average Bonchev–Trinajstić information content (AvgIpc) is 3.32. The van der Waals surface area contributed by atoms with Crippen LogP contribution >= 0.6 is 0 Å². The lowest BCUT2D eigenvalue weighted by molar-refractivity contribution is -0.117. The average molecular weight is 468 g/mol. The SMILES string of the molecule is CC(C)(C)CC(=O)/C(=C/C1=CC=CC1)Nc1ncc(-c2cccc(F)c2)nc1Cc1ccccc1. The molecule has 1 N–H and O–H groups in total. The molecule has 0 amide bonds. The first kappa shape index (κ1) is 24.3. The van der Waals surface area contributed by atoms with E-state index in [1.165, 1.54) is 12.1 Å². The number of rotatable bonds is 8. The van der Waals surface area contributed by atoms with Gasteiger partial charge in [0.1, 0.15) is 5.82 Å².